The zero-order chi connectivity index (χ0) is 19.8. The minimum atomic E-state index is -0.437. The fourth-order valence-electron chi connectivity index (χ4n) is 2.67. The van der Waals surface area contributed by atoms with Gasteiger partial charge in [-0.15, -0.1) is 0 Å². The molecular weight excluding hydrogens is 382 g/mol. The van der Waals surface area contributed by atoms with Crippen molar-refractivity contribution in [3.05, 3.63) is 52.3 Å². The van der Waals surface area contributed by atoms with Crippen LogP contribution in [-0.2, 0) is 4.74 Å². The van der Waals surface area contributed by atoms with Crippen molar-refractivity contribution in [1.29, 1.82) is 0 Å². The van der Waals surface area contributed by atoms with Crippen molar-refractivity contribution in [3.63, 3.8) is 0 Å². The van der Waals surface area contributed by atoms with E-state index in [4.69, 9.17) is 21.4 Å². The number of nitro groups is 1. The number of ether oxygens (including phenoxy) is 1. The number of furan rings is 1. The van der Waals surface area contributed by atoms with Crippen molar-refractivity contribution in [2.24, 2.45) is 5.10 Å². The Morgan fingerprint density at radius 1 is 1.25 bits per heavy atom. The molecule has 0 aliphatic carbocycles. The molecule has 0 unspecified atom stereocenters. The molecule has 1 aliphatic rings. The Morgan fingerprint density at radius 2 is 2.00 bits per heavy atom. The van der Waals surface area contributed by atoms with Gasteiger partial charge in [0, 0.05) is 43.9 Å². The zero-order valence-corrected chi connectivity index (χ0v) is 16.0. The molecule has 1 fully saturated rings. The van der Waals surface area contributed by atoms with Crippen LogP contribution in [0.4, 0.5) is 5.69 Å². The van der Waals surface area contributed by atoms with Crippen molar-refractivity contribution >= 4 is 29.2 Å². The topological polar surface area (TPSA) is 105 Å². The summed E-state index contributed by atoms with van der Waals surface area (Å²) in [5.41, 5.74) is 3.54. The highest BCUT2D eigenvalue weighted by atomic mass is 32.1. The smallest absolute Gasteiger partial charge is 0.269 e. The van der Waals surface area contributed by atoms with Gasteiger partial charge in [-0.05, 0) is 36.5 Å². The number of hydrazone groups is 1. The molecule has 1 aliphatic heterocycles. The lowest BCUT2D eigenvalue weighted by atomic mass is 10.1. The molecule has 0 amide bonds. The summed E-state index contributed by atoms with van der Waals surface area (Å²) in [4.78, 5) is 12.6. The summed E-state index contributed by atoms with van der Waals surface area (Å²) in [5, 5.41) is 18.3. The first-order valence-electron chi connectivity index (χ1n) is 8.83. The molecule has 148 valence electrons. The second-order valence-electron chi connectivity index (χ2n) is 6.09. The Labute approximate surface area is 167 Å². The van der Waals surface area contributed by atoms with Gasteiger partial charge in [-0.3, -0.25) is 20.4 Å². The SMILES string of the molecule is O=[N+]([O-])c1ccc(-c2ccc(/C=N\NC(=S)NCCN3CCOCC3)o2)cc1. The van der Waals surface area contributed by atoms with Crippen LogP contribution in [0.15, 0.2) is 45.9 Å². The average Bonchev–Trinajstić information content (AvgIpc) is 3.18. The van der Waals surface area contributed by atoms with Crippen molar-refractivity contribution in [2.75, 3.05) is 39.4 Å². The number of benzene rings is 1. The first kappa shape index (κ1) is 19.9. The molecule has 2 aromatic rings. The number of rotatable bonds is 7. The van der Waals surface area contributed by atoms with E-state index in [1.54, 1.807) is 24.3 Å². The Morgan fingerprint density at radius 3 is 2.71 bits per heavy atom. The highest BCUT2D eigenvalue weighted by molar-refractivity contribution is 7.80. The molecule has 0 saturated carbocycles. The highest BCUT2D eigenvalue weighted by Gasteiger charge is 2.10. The first-order chi connectivity index (χ1) is 13.6. The first-order valence-corrected chi connectivity index (χ1v) is 9.24. The maximum atomic E-state index is 10.7. The molecule has 2 heterocycles. The fraction of sp³-hybridized carbons (Fsp3) is 0.333. The molecule has 10 heteroatoms. The second-order valence-corrected chi connectivity index (χ2v) is 6.49. The molecular formula is C18H21N5O4S. The van der Waals surface area contributed by atoms with Gasteiger partial charge in [-0.25, -0.2) is 0 Å². The van der Waals surface area contributed by atoms with E-state index >= 15 is 0 Å². The van der Waals surface area contributed by atoms with Crippen molar-refractivity contribution in [3.8, 4) is 11.3 Å². The number of nitrogens with one attached hydrogen (secondary N) is 2. The van der Waals surface area contributed by atoms with Crippen LogP contribution in [-0.4, -0.2) is 60.5 Å². The van der Waals surface area contributed by atoms with Gasteiger partial charge < -0.3 is 14.5 Å². The van der Waals surface area contributed by atoms with Crippen molar-refractivity contribution in [1.82, 2.24) is 15.6 Å². The van der Waals surface area contributed by atoms with Gasteiger partial charge in [0.1, 0.15) is 11.5 Å². The van der Waals surface area contributed by atoms with E-state index in [0.717, 1.165) is 45.0 Å². The van der Waals surface area contributed by atoms with Crippen molar-refractivity contribution in [2.45, 2.75) is 0 Å². The molecule has 0 spiro atoms. The van der Waals surface area contributed by atoms with Crippen LogP contribution in [0.5, 0.6) is 0 Å². The Bertz CT molecular complexity index is 831. The van der Waals surface area contributed by atoms with Crippen LogP contribution in [0.2, 0.25) is 0 Å². The van der Waals surface area contributed by atoms with Gasteiger partial charge in [0.2, 0.25) is 0 Å². The number of nitrogens with zero attached hydrogens (tertiary/aromatic N) is 3. The summed E-state index contributed by atoms with van der Waals surface area (Å²) in [5.74, 6) is 1.14. The molecule has 3 rings (SSSR count). The van der Waals surface area contributed by atoms with E-state index in [1.165, 1.54) is 18.3 Å². The van der Waals surface area contributed by atoms with Crippen LogP contribution in [0.3, 0.4) is 0 Å². The summed E-state index contributed by atoms with van der Waals surface area (Å²) >= 11 is 5.19. The normalized spacial score (nSPS) is 14.9. The van der Waals surface area contributed by atoms with Gasteiger partial charge in [0.15, 0.2) is 5.11 Å². The van der Waals surface area contributed by atoms with E-state index in [1.807, 2.05) is 0 Å². The quantitative estimate of drug-likeness (QED) is 0.313. The van der Waals surface area contributed by atoms with Crippen LogP contribution in [0.1, 0.15) is 5.76 Å². The molecule has 1 saturated heterocycles. The Kier molecular flexibility index (Phi) is 7.06. The lowest BCUT2D eigenvalue weighted by Gasteiger charge is -2.26. The predicted octanol–water partition coefficient (Wildman–Crippen LogP) is 1.98. The third-order valence-corrected chi connectivity index (χ3v) is 4.40. The lowest BCUT2D eigenvalue weighted by Crippen LogP contribution is -2.42. The Hall–Kier alpha value is -2.82. The molecule has 0 bridgehead atoms. The third kappa shape index (κ3) is 5.84. The molecule has 28 heavy (non-hydrogen) atoms. The summed E-state index contributed by atoms with van der Waals surface area (Å²) in [6.07, 6.45) is 1.52. The maximum Gasteiger partial charge on any atom is 0.269 e. The van der Waals surface area contributed by atoms with Gasteiger partial charge in [-0.2, -0.15) is 5.10 Å². The van der Waals surface area contributed by atoms with E-state index in [0.29, 0.717) is 16.6 Å². The second kappa shape index (κ2) is 9.93. The van der Waals surface area contributed by atoms with E-state index in [2.05, 4.69) is 20.7 Å². The van der Waals surface area contributed by atoms with Crippen LogP contribution >= 0.6 is 12.2 Å². The molecule has 0 radical (unpaired) electrons. The summed E-state index contributed by atoms with van der Waals surface area (Å²) < 4.78 is 11.0. The number of non-ortho nitro benzene ring substituents is 1. The summed E-state index contributed by atoms with van der Waals surface area (Å²) in [6, 6.07) is 9.70. The largest absolute Gasteiger partial charge is 0.455 e. The Balaban J connectivity index is 1.43. The maximum absolute atomic E-state index is 10.7. The molecule has 1 aromatic carbocycles. The number of morpholine rings is 1. The molecule has 1 aromatic heterocycles. The van der Waals surface area contributed by atoms with Crippen LogP contribution < -0.4 is 10.7 Å². The highest BCUT2D eigenvalue weighted by Crippen LogP contribution is 2.23. The standard InChI is InChI=1S/C18H21N5O4S/c24-23(25)15-3-1-14(2-4-15)17-6-5-16(27-17)13-20-21-18(28)19-7-8-22-9-11-26-12-10-22/h1-6,13H,7-12H2,(H2,19,21,28)/b20-13-. The van der Waals surface area contributed by atoms with Crippen LogP contribution in [0.25, 0.3) is 11.3 Å². The third-order valence-electron chi connectivity index (χ3n) is 4.16. The molecule has 2 N–H and O–H groups in total. The van der Waals surface area contributed by atoms with E-state index < -0.39 is 4.92 Å². The summed E-state index contributed by atoms with van der Waals surface area (Å²) in [6.45, 7) is 5.05. The lowest BCUT2D eigenvalue weighted by molar-refractivity contribution is -0.384. The van der Waals surface area contributed by atoms with Gasteiger partial charge in [0.05, 0.1) is 24.4 Å². The molecule has 0 atom stereocenters. The minimum Gasteiger partial charge on any atom is -0.455 e. The molecule has 9 nitrogen and oxygen atoms in total. The monoisotopic (exact) mass is 403 g/mol. The van der Waals surface area contributed by atoms with Crippen LogP contribution in [0, 0.1) is 10.1 Å². The van der Waals surface area contributed by atoms with E-state index in [9.17, 15) is 10.1 Å². The predicted molar refractivity (Wildman–Crippen MR) is 109 cm³/mol. The van der Waals surface area contributed by atoms with Gasteiger partial charge in [-0.1, -0.05) is 0 Å². The summed E-state index contributed by atoms with van der Waals surface area (Å²) in [7, 11) is 0. The zero-order valence-electron chi connectivity index (χ0n) is 15.2. The number of nitro benzene ring substituents is 1. The van der Waals surface area contributed by atoms with Gasteiger partial charge >= 0.3 is 0 Å². The fourth-order valence-corrected chi connectivity index (χ4v) is 2.83. The minimum absolute atomic E-state index is 0.0379. The number of thiocarbonyl (C=S) groups is 1. The van der Waals surface area contributed by atoms with Crippen molar-refractivity contribution < 1.29 is 14.1 Å². The average molecular weight is 403 g/mol. The van der Waals surface area contributed by atoms with E-state index in [-0.39, 0.29) is 5.69 Å². The number of hydrogen-bond acceptors (Lipinski definition) is 7. The van der Waals surface area contributed by atoms with Gasteiger partial charge in [0.25, 0.3) is 5.69 Å². The number of hydrogen-bond donors (Lipinski definition) is 2.